The van der Waals surface area contributed by atoms with E-state index >= 15 is 0 Å². The molecule has 0 bridgehead atoms. The Morgan fingerprint density at radius 3 is 2.70 bits per heavy atom. The third-order valence-corrected chi connectivity index (χ3v) is 4.25. The van der Waals surface area contributed by atoms with Gasteiger partial charge in [0.2, 0.25) is 0 Å². The highest BCUT2D eigenvalue weighted by Gasteiger charge is 2.15. The number of benzene rings is 1. The molecule has 108 valence electrons. The molecule has 1 aromatic carbocycles. The van der Waals surface area contributed by atoms with Crippen molar-refractivity contribution in [3.05, 3.63) is 45.9 Å². The zero-order valence-corrected chi connectivity index (χ0v) is 13.6. The Bertz CT molecular complexity index is 595. The molecule has 0 spiro atoms. The highest BCUT2D eigenvalue weighted by Crippen LogP contribution is 2.25. The lowest BCUT2D eigenvalue weighted by molar-refractivity contribution is 0.607. The standard InChI is InChI=1S/C15H19BrFN3/c1-4-13-15(16)14(20(5-2)18-13)10-19(3)12-8-6-7-11(17)9-12/h6-9H,4-5,10H2,1-3H3. The van der Waals surface area contributed by atoms with Crippen LogP contribution in [-0.4, -0.2) is 16.8 Å². The van der Waals surface area contributed by atoms with Gasteiger partial charge in [-0.3, -0.25) is 4.68 Å². The molecule has 0 fully saturated rings. The summed E-state index contributed by atoms with van der Waals surface area (Å²) in [5, 5.41) is 4.58. The molecule has 20 heavy (non-hydrogen) atoms. The van der Waals surface area contributed by atoms with Crippen molar-refractivity contribution >= 4 is 21.6 Å². The molecule has 0 radical (unpaired) electrons. The molecule has 2 aromatic rings. The second kappa shape index (κ2) is 6.39. The summed E-state index contributed by atoms with van der Waals surface area (Å²) >= 11 is 3.63. The first kappa shape index (κ1) is 15.0. The van der Waals surface area contributed by atoms with Crippen molar-refractivity contribution in [3.8, 4) is 0 Å². The average molecular weight is 340 g/mol. The molecule has 2 rings (SSSR count). The van der Waals surface area contributed by atoms with Crippen molar-refractivity contribution in [2.45, 2.75) is 33.4 Å². The van der Waals surface area contributed by atoms with Gasteiger partial charge in [-0.05, 0) is 47.5 Å². The number of hydrogen-bond donors (Lipinski definition) is 0. The second-order valence-corrected chi connectivity index (χ2v) is 5.51. The van der Waals surface area contributed by atoms with E-state index in [-0.39, 0.29) is 5.82 Å². The summed E-state index contributed by atoms with van der Waals surface area (Å²) in [7, 11) is 1.96. The molecule has 0 aliphatic rings. The smallest absolute Gasteiger partial charge is 0.125 e. The van der Waals surface area contributed by atoms with Crippen LogP contribution in [0.2, 0.25) is 0 Å². The van der Waals surface area contributed by atoms with Crippen molar-refractivity contribution in [3.63, 3.8) is 0 Å². The van der Waals surface area contributed by atoms with Gasteiger partial charge in [0, 0.05) is 19.3 Å². The second-order valence-electron chi connectivity index (χ2n) is 4.71. The molecule has 0 N–H and O–H groups in total. The van der Waals surface area contributed by atoms with Crippen molar-refractivity contribution in [2.24, 2.45) is 0 Å². The van der Waals surface area contributed by atoms with Crippen LogP contribution in [0.1, 0.15) is 25.2 Å². The predicted molar refractivity (Wildman–Crippen MR) is 83.5 cm³/mol. The van der Waals surface area contributed by atoms with Gasteiger partial charge in [-0.25, -0.2) is 4.39 Å². The lowest BCUT2D eigenvalue weighted by Gasteiger charge is -2.20. The molecule has 0 aliphatic heterocycles. The van der Waals surface area contributed by atoms with Crippen LogP contribution >= 0.6 is 15.9 Å². The Balaban J connectivity index is 2.27. The maximum Gasteiger partial charge on any atom is 0.125 e. The predicted octanol–water partition coefficient (Wildman–Crippen LogP) is 4.00. The van der Waals surface area contributed by atoms with E-state index in [2.05, 4.69) is 34.9 Å². The minimum absolute atomic E-state index is 0.216. The zero-order chi connectivity index (χ0) is 14.7. The van der Waals surface area contributed by atoms with E-state index in [1.54, 1.807) is 12.1 Å². The number of aryl methyl sites for hydroxylation is 2. The fourth-order valence-corrected chi connectivity index (χ4v) is 2.89. The zero-order valence-electron chi connectivity index (χ0n) is 12.0. The third-order valence-electron chi connectivity index (χ3n) is 3.33. The van der Waals surface area contributed by atoms with E-state index in [9.17, 15) is 4.39 Å². The minimum Gasteiger partial charge on any atom is -0.369 e. The van der Waals surface area contributed by atoms with Gasteiger partial charge in [0.05, 0.1) is 22.4 Å². The number of rotatable bonds is 5. The molecule has 0 aliphatic carbocycles. The van der Waals surface area contributed by atoms with Gasteiger partial charge in [0.1, 0.15) is 5.82 Å². The van der Waals surface area contributed by atoms with Crippen molar-refractivity contribution < 1.29 is 4.39 Å². The fraction of sp³-hybridized carbons (Fsp3) is 0.400. The van der Waals surface area contributed by atoms with Crippen LogP contribution < -0.4 is 4.90 Å². The van der Waals surface area contributed by atoms with Gasteiger partial charge in [-0.1, -0.05) is 13.0 Å². The molecule has 0 atom stereocenters. The largest absolute Gasteiger partial charge is 0.369 e. The molecule has 0 amide bonds. The Morgan fingerprint density at radius 1 is 1.35 bits per heavy atom. The summed E-state index contributed by atoms with van der Waals surface area (Å²) in [4.78, 5) is 2.02. The molecule has 1 aromatic heterocycles. The van der Waals surface area contributed by atoms with E-state index in [4.69, 9.17) is 0 Å². The van der Waals surface area contributed by atoms with Crippen LogP contribution in [-0.2, 0) is 19.5 Å². The number of halogens is 2. The van der Waals surface area contributed by atoms with E-state index < -0.39 is 0 Å². The number of anilines is 1. The van der Waals surface area contributed by atoms with Crippen LogP contribution in [0.5, 0.6) is 0 Å². The van der Waals surface area contributed by atoms with Crippen LogP contribution in [0.3, 0.4) is 0 Å². The maximum absolute atomic E-state index is 13.3. The van der Waals surface area contributed by atoms with E-state index in [0.717, 1.165) is 34.5 Å². The van der Waals surface area contributed by atoms with Crippen LogP contribution in [0, 0.1) is 5.82 Å². The Morgan fingerprint density at radius 2 is 2.10 bits per heavy atom. The summed E-state index contributed by atoms with van der Waals surface area (Å²) in [5.41, 5.74) is 3.05. The Hall–Kier alpha value is -1.36. The normalized spacial score (nSPS) is 10.8. The van der Waals surface area contributed by atoms with Crippen molar-refractivity contribution in [1.82, 2.24) is 9.78 Å². The lowest BCUT2D eigenvalue weighted by Crippen LogP contribution is -2.19. The molecule has 3 nitrogen and oxygen atoms in total. The monoisotopic (exact) mass is 339 g/mol. The molecule has 0 saturated carbocycles. The summed E-state index contributed by atoms with van der Waals surface area (Å²) in [6.07, 6.45) is 0.893. The van der Waals surface area contributed by atoms with Crippen LogP contribution in [0.15, 0.2) is 28.7 Å². The van der Waals surface area contributed by atoms with Gasteiger partial charge in [0.15, 0.2) is 0 Å². The van der Waals surface area contributed by atoms with Gasteiger partial charge in [0.25, 0.3) is 0 Å². The van der Waals surface area contributed by atoms with Gasteiger partial charge >= 0.3 is 0 Å². The fourth-order valence-electron chi connectivity index (χ4n) is 2.20. The van der Waals surface area contributed by atoms with Crippen molar-refractivity contribution in [1.29, 1.82) is 0 Å². The Kier molecular flexibility index (Phi) is 4.81. The first-order valence-corrected chi connectivity index (χ1v) is 7.56. The first-order chi connectivity index (χ1) is 9.56. The lowest BCUT2D eigenvalue weighted by atomic mass is 10.2. The number of hydrogen-bond acceptors (Lipinski definition) is 2. The molecule has 0 saturated heterocycles. The minimum atomic E-state index is -0.216. The van der Waals surface area contributed by atoms with Gasteiger partial charge < -0.3 is 4.90 Å². The molecule has 5 heteroatoms. The third kappa shape index (κ3) is 3.03. The molecule has 1 heterocycles. The molecular weight excluding hydrogens is 321 g/mol. The van der Waals surface area contributed by atoms with Gasteiger partial charge in [-0.2, -0.15) is 5.10 Å². The Labute approximate surface area is 127 Å². The van der Waals surface area contributed by atoms with Gasteiger partial charge in [-0.15, -0.1) is 0 Å². The molecular formula is C15H19BrFN3. The summed E-state index contributed by atoms with van der Waals surface area (Å²) in [6.45, 7) is 5.67. The average Bonchev–Trinajstić information content (AvgIpc) is 2.75. The quantitative estimate of drug-likeness (QED) is 0.820. The highest BCUT2D eigenvalue weighted by molar-refractivity contribution is 9.10. The van der Waals surface area contributed by atoms with Crippen LogP contribution in [0.4, 0.5) is 10.1 Å². The van der Waals surface area contributed by atoms with E-state index in [1.165, 1.54) is 6.07 Å². The summed E-state index contributed by atoms with van der Waals surface area (Å²) < 4.78 is 16.4. The van der Waals surface area contributed by atoms with E-state index in [0.29, 0.717) is 6.54 Å². The first-order valence-electron chi connectivity index (χ1n) is 6.77. The number of nitrogens with zero attached hydrogens (tertiary/aromatic N) is 3. The van der Waals surface area contributed by atoms with Crippen LogP contribution in [0.25, 0.3) is 0 Å². The van der Waals surface area contributed by atoms with Crippen molar-refractivity contribution in [2.75, 3.05) is 11.9 Å². The maximum atomic E-state index is 13.3. The van der Waals surface area contributed by atoms with E-state index in [1.807, 2.05) is 22.7 Å². The number of aromatic nitrogens is 2. The SMILES string of the molecule is CCc1nn(CC)c(CN(C)c2cccc(F)c2)c1Br. The summed E-state index contributed by atoms with van der Waals surface area (Å²) in [5.74, 6) is -0.216. The topological polar surface area (TPSA) is 21.1 Å². The summed E-state index contributed by atoms with van der Waals surface area (Å²) in [6, 6.07) is 6.63. The molecule has 0 unspecified atom stereocenters. The highest BCUT2D eigenvalue weighted by atomic mass is 79.9.